The number of nitrogens with one attached hydrogen (secondary N) is 1. The quantitative estimate of drug-likeness (QED) is 0.586. The Hall–Kier alpha value is -3.41. The van der Waals surface area contributed by atoms with E-state index in [1.165, 1.54) is 5.56 Å². The summed E-state index contributed by atoms with van der Waals surface area (Å²) in [7, 11) is 1.59. The fraction of sp³-hybridized carbons (Fsp3) is 0.227. The van der Waals surface area contributed by atoms with Gasteiger partial charge < -0.3 is 10.1 Å². The summed E-state index contributed by atoms with van der Waals surface area (Å²) in [6, 6.07) is 15.4. The van der Waals surface area contributed by atoms with Crippen molar-refractivity contribution in [1.29, 1.82) is 0 Å². The molecule has 6 heteroatoms. The summed E-state index contributed by atoms with van der Waals surface area (Å²) in [5.74, 6) is 1.62. The summed E-state index contributed by atoms with van der Waals surface area (Å²) in [6.45, 7) is 4.81. The first-order valence-corrected chi connectivity index (χ1v) is 9.14. The fourth-order valence-corrected chi connectivity index (χ4v) is 2.86. The summed E-state index contributed by atoms with van der Waals surface area (Å²) in [5.41, 5.74) is 3.71. The zero-order chi connectivity index (χ0) is 19.9. The van der Waals surface area contributed by atoms with E-state index < -0.39 is 0 Å². The van der Waals surface area contributed by atoms with Crippen molar-refractivity contribution in [3.05, 3.63) is 72.1 Å². The second-order valence-corrected chi connectivity index (χ2v) is 6.65. The van der Waals surface area contributed by atoms with Crippen molar-refractivity contribution in [2.45, 2.75) is 26.3 Å². The number of rotatable bonds is 8. The fourth-order valence-electron chi connectivity index (χ4n) is 2.86. The Balaban J connectivity index is 1.84. The van der Waals surface area contributed by atoms with Crippen molar-refractivity contribution < 1.29 is 9.53 Å². The molecule has 2 aromatic heterocycles. The topological polar surface area (TPSA) is 67.3 Å². The lowest BCUT2D eigenvalue weighted by Crippen LogP contribution is -2.17. The minimum atomic E-state index is 0.437. The number of nitrogens with zero attached hydrogens (tertiary/aromatic N) is 3. The highest BCUT2D eigenvalue weighted by Crippen LogP contribution is 2.30. The summed E-state index contributed by atoms with van der Waals surface area (Å²) >= 11 is 0. The zero-order valence-corrected chi connectivity index (χ0v) is 16.3. The van der Waals surface area contributed by atoms with Crippen LogP contribution in [-0.4, -0.2) is 23.5 Å². The van der Waals surface area contributed by atoms with Gasteiger partial charge in [0.1, 0.15) is 0 Å². The van der Waals surface area contributed by atoms with Gasteiger partial charge in [0.05, 0.1) is 12.8 Å². The van der Waals surface area contributed by atoms with Crippen molar-refractivity contribution in [3.63, 3.8) is 0 Å². The van der Waals surface area contributed by atoms with Crippen molar-refractivity contribution >= 4 is 23.6 Å². The second-order valence-electron chi connectivity index (χ2n) is 6.65. The van der Waals surface area contributed by atoms with Gasteiger partial charge in [0.25, 0.3) is 0 Å². The Morgan fingerprint density at radius 2 is 1.89 bits per heavy atom. The average Bonchev–Trinajstić information content (AvgIpc) is 2.74. The van der Waals surface area contributed by atoms with E-state index >= 15 is 0 Å². The third-order valence-corrected chi connectivity index (χ3v) is 4.46. The maximum absolute atomic E-state index is 11.9. The van der Waals surface area contributed by atoms with Gasteiger partial charge in [-0.2, -0.15) is 0 Å². The number of aromatic nitrogens is 2. The molecular formula is C22H24N4O2. The summed E-state index contributed by atoms with van der Waals surface area (Å²) < 4.78 is 5.16. The Bertz CT molecular complexity index is 926. The van der Waals surface area contributed by atoms with Crippen molar-refractivity contribution in [1.82, 2.24) is 9.97 Å². The van der Waals surface area contributed by atoms with Crippen LogP contribution in [0.1, 0.15) is 30.9 Å². The van der Waals surface area contributed by atoms with Gasteiger partial charge in [-0.25, -0.2) is 9.97 Å². The second kappa shape index (κ2) is 8.99. The molecule has 144 valence electrons. The van der Waals surface area contributed by atoms with E-state index in [0.717, 1.165) is 17.7 Å². The lowest BCUT2D eigenvalue weighted by atomic mass is 10.0. The highest BCUT2D eigenvalue weighted by Gasteiger charge is 2.14. The lowest BCUT2D eigenvalue weighted by Gasteiger charge is -2.21. The molecule has 28 heavy (non-hydrogen) atoms. The normalized spacial score (nSPS) is 10.6. The van der Waals surface area contributed by atoms with E-state index in [1.54, 1.807) is 24.4 Å². The van der Waals surface area contributed by atoms with Crippen LogP contribution in [-0.2, 0) is 11.3 Å². The van der Waals surface area contributed by atoms with Gasteiger partial charge in [-0.05, 0) is 47.4 Å². The predicted octanol–water partition coefficient (Wildman–Crippen LogP) is 4.52. The van der Waals surface area contributed by atoms with Gasteiger partial charge in [-0.15, -0.1) is 0 Å². The van der Waals surface area contributed by atoms with Crippen LogP contribution in [0.5, 0.6) is 5.88 Å². The molecule has 0 saturated heterocycles. The van der Waals surface area contributed by atoms with E-state index in [4.69, 9.17) is 4.74 Å². The molecule has 3 rings (SSSR count). The molecule has 6 nitrogen and oxygen atoms in total. The largest absolute Gasteiger partial charge is 0.481 e. The van der Waals surface area contributed by atoms with Crippen LogP contribution in [0.25, 0.3) is 0 Å². The standard InChI is InChI=1S/C22H24N4O2/c1-16(2)18-6-8-19(9-7-18)26(15-27)20-5-4-11-24-22(20)25-14-17-10-12-23-21(13-17)28-3/h4-13,15-16H,14H2,1-3H3,(H,24,25). The summed E-state index contributed by atoms with van der Waals surface area (Å²) in [6.07, 6.45) is 4.20. The highest BCUT2D eigenvalue weighted by atomic mass is 16.5. The number of carbonyl (C=O) groups is 1. The number of pyridine rings is 2. The molecule has 0 bridgehead atoms. The first-order valence-electron chi connectivity index (χ1n) is 9.14. The number of benzene rings is 1. The van der Waals surface area contributed by atoms with Crippen molar-refractivity contribution in [2.75, 3.05) is 17.3 Å². The van der Waals surface area contributed by atoms with Crippen LogP contribution in [0.2, 0.25) is 0 Å². The number of hydrogen-bond donors (Lipinski definition) is 1. The zero-order valence-electron chi connectivity index (χ0n) is 16.3. The summed E-state index contributed by atoms with van der Waals surface area (Å²) in [5, 5.41) is 3.30. The lowest BCUT2D eigenvalue weighted by molar-refractivity contribution is -0.106. The monoisotopic (exact) mass is 376 g/mol. The number of methoxy groups -OCH3 is 1. The van der Waals surface area contributed by atoms with Crippen LogP contribution in [0.4, 0.5) is 17.2 Å². The molecule has 0 aliphatic heterocycles. The Kier molecular flexibility index (Phi) is 6.22. The van der Waals surface area contributed by atoms with Gasteiger partial charge in [-0.3, -0.25) is 9.69 Å². The molecular weight excluding hydrogens is 352 g/mol. The predicted molar refractivity (Wildman–Crippen MR) is 111 cm³/mol. The SMILES string of the molecule is COc1cc(CNc2ncccc2N(C=O)c2ccc(C(C)C)cc2)ccn1. The minimum Gasteiger partial charge on any atom is -0.481 e. The average molecular weight is 376 g/mol. The molecule has 0 aliphatic rings. The Morgan fingerprint density at radius 1 is 1.11 bits per heavy atom. The van der Waals surface area contributed by atoms with E-state index in [9.17, 15) is 4.79 Å². The molecule has 0 aliphatic carbocycles. The summed E-state index contributed by atoms with van der Waals surface area (Å²) in [4.78, 5) is 22.0. The van der Waals surface area contributed by atoms with Gasteiger partial charge >= 0.3 is 0 Å². The Labute approximate surface area is 165 Å². The van der Waals surface area contributed by atoms with E-state index in [-0.39, 0.29) is 0 Å². The molecule has 3 aromatic rings. The van der Waals surface area contributed by atoms with E-state index in [1.807, 2.05) is 48.5 Å². The molecule has 1 N–H and O–H groups in total. The third-order valence-electron chi connectivity index (χ3n) is 4.46. The highest BCUT2D eigenvalue weighted by molar-refractivity contribution is 5.90. The molecule has 0 atom stereocenters. The van der Waals surface area contributed by atoms with Gasteiger partial charge in [0, 0.05) is 30.7 Å². The van der Waals surface area contributed by atoms with Crippen LogP contribution in [0, 0.1) is 0 Å². The first-order chi connectivity index (χ1) is 13.6. The smallest absolute Gasteiger partial charge is 0.218 e. The van der Waals surface area contributed by atoms with Gasteiger partial charge in [-0.1, -0.05) is 26.0 Å². The van der Waals surface area contributed by atoms with Crippen LogP contribution in [0.3, 0.4) is 0 Å². The van der Waals surface area contributed by atoms with E-state index in [0.29, 0.717) is 29.8 Å². The molecule has 0 unspecified atom stereocenters. The van der Waals surface area contributed by atoms with Gasteiger partial charge in [0.2, 0.25) is 12.3 Å². The van der Waals surface area contributed by atoms with Crippen LogP contribution >= 0.6 is 0 Å². The number of ether oxygens (including phenoxy) is 1. The Morgan fingerprint density at radius 3 is 2.57 bits per heavy atom. The minimum absolute atomic E-state index is 0.437. The molecule has 1 aromatic carbocycles. The van der Waals surface area contributed by atoms with Crippen LogP contribution < -0.4 is 15.0 Å². The molecule has 2 heterocycles. The molecule has 0 saturated carbocycles. The molecule has 0 radical (unpaired) electrons. The van der Waals surface area contributed by atoms with Crippen molar-refractivity contribution in [3.8, 4) is 5.88 Å². The first kappa shape index (κ1) is 19.4. The van der Waals surface area contributed by atoms with E-state index in [2.05, 4.69) is 29.1 Å². The maximum Gasteiger partial charge on any atom is 0.218 e. The third kappa shape index (κ3) is 4.46. The maximum atomic E-state index is 11.9. The molecule has 0 spiro atoms. The number of hydrogen-bond acceptors (Lipinski definition) is 5. The number of amides is 1. The molecule has 0 fully saturated rings. The molecule has 1 amide bonds. The van der Waals surface area contributed by atoms with Gasteiger partial charge in [0.15, 0.2) is 5.82 Å². The van der Waals surface area contributed by atoms with Crippen LogP contribution in [0.15, 0.2) is 60.9 Å². The van der Waals surface area contributed by atoms with Crippen molar-refractivity contribution in [2.24, 2.45) is 0 Å². The number of anilines is 3. The number of carbonyl (C=O) groups excluding carboxylic acids is 1.